The molecule has 2 atom stereocenters. The van der Waals surface area contributed by atoms with E-state index in [2.05, 4.69) is 5.32 Å². The number of sulfonamides is 1. The average molecular weight is 321 g/mol. The largest absolute Gasteiger partial charge is 0.481 e. The number of amides is 2. The summed E-state index contributed by atoms with van der Waals surface area (Å²) in [4.78, 5) is 24.3. The van der Waals surface area contributed by atoms with Gasteiger partial charge in [-0.2, -0.15) is 0 Å². The molecule has 0 saturated carbocycles. The van der Waals surface area contributed by atoms with Crippen LogP contribution in [-0.4, -0.2) is 55.8 Å². The SMILES string of the molecule is CC(CC(=O)O)C1CCCN(C(=O)NCCS(N)(=O)=O)C1. The van der Waals surface area contributed by atoms with Crippen molar-refractivity contribution in [3.63, 3.8) is 0 Å². The number of urea groups is 1. The number of hydrogen-bond donors (Lipinski definition) is 3. The minimum atomic E-state index is -3.59. The third-order valence-electron chi connectivity index (χ3n) is 3.71. The number of nitrogens with two attached hydrogens (primary N) is 1. The summed E-state index contributed by atoms with van der Waals surface area (Å²) < 4.78 is 21.6. The molecule has 8 nitrogen and oxygen atoms in total. The number of carboxylic acid groups (broad SMARTS) is 1. The zero-order valence-corrected chi connectivity index (χ0v) is 12.9. The van der Waals surface area contributed by atoms with Gasteiger partial charge in [0.1, 0.15) is 0 Å². The molecule has 0 bridgehead atoms. The smallest absolute Gasteiger partial charge is 0.317 e. The number of nitrogens with zero attached hydrogens (tertiary/aromatic N) is 1. The molecule has 1 aliphatic rings. The van der Waals surface area contributed by atoms with Crippen molar-refractivity contribution in [1.29, 1.82) is 0 Å². The van der Waals surface area contributed by atoms with Crippen LogP contribution in [0.5, 0.6) is 0 Å². The summed E-state index contributed by atoms with van der Waals surface area (Å²) in [5.41, 5.74) is 0. The maximum atomic E-state index is 11.9. The van der Waals surface area contributed by atoms with Gasteiger partial charge in [0.05, 0.1) is 5.75 Å². The normalized spacial score (nSPS) is 20.9. The zero-order chi connectivity index (χ0) is 16.0. The van der Waals surface area contributed by atoms with Crippen molar-refractivity contribution in [2.45, 2.75) is 26.2 Å². The molecule has 1 fully saturated rings. The van der Waals surface area contributed by atoms with Crippen molar-refractivity contribution in [3.8, 4) is 0 Å². The van der Waals surface area contributed by atoms with E-state index in [9.17, 15) is 18.0 Å². The molecule has 1 rings (SSSR count). The van der Waals surface area contributed by atoms with Crippen LogP contribution in [0.15, 0.2) is 0 Å². The Morgan fingerprint density at radius 1 is 1.48 bits per heavy atom. The maximum absolute atomic E-state index is 11.9. The number of rotatable bonds is 6. The van der Waals surface area contributed by atoms with Crippen LogP contribution in [-0.2, 0) is 14.8 Å². The summed E-state index contributed by atoms with van der Waals surface area (Å²) in [5, 5.41) is 16.2. The Bertz CT molecular complexity index is 479. The minimum Gasteiger partial charge on any atom is -0.481 e. The fourth-order valence-electron chi connectivity index (χ4n) is 2.51. The number of primary sulfonamides is 1. The Labute approximate surface area is 124 Å². The third kappa shape index (κ3) is 6.76. The van der Waals surface area contributed by atoms with Crippen molar-refractivity contribution in [1.82, 2.24) is 10.2 Å². The molecule has 0 spiro atoms. The summed E-state index contributed by atoms with van der Waals surface area (Å²) in [6.07, 6.45) is 1.80. The molecule has 4 N–H and O–H groups in total. The van der Waals surface area contributed by atoms with Crippen molar-refractivity contribution >= 4 is 22.0 Å². The number of nitrogens with one attached hydrogen (secondary N) is 1. The number of carboxylic acids is 1. The Kier molecular flexibility index (Phi) is 6.41. The molecule has 0 aliphatic carbocycles. The Balaban J connectivity index is 2.44. The van der Waals surface area contributed by atoms with Crippen molar-refractivity contribution in [2.75, 3.05) is 25.4 Å². The molecule has 0 aromatic rings. The Hall–Kier alpha value is -1.35. The molecule has 21 heavy (non-hydrogen) atoms. The van der Waals surface area contributed by atoms with Crippen LogP contribution in [0.1, 0.15) is 26.2 Å². The van der Waals surface area contributed by atoms with Gasteiger partial charge in [-0.15, -0.1) is 0 Å². The minimum absolute atomic E-state index is 0.00233. The first-order chi connectivity index (χ1) is 9.69. The lowest BCUT2D eigenvalue weighted by molar-refractivity contribution is -0.138. The topological polar surface area (TPSA) is 130 Å². The summed E-state index contributed by atoms with van der Waals surface area (Å²) in [5.74, 6) is -0.982. The molecule has 0 radical (unpaired) electrons. The van der Waals surface area contributed by atoms with Gasteiger partial charge in [-0.05, 0) is 24.7 Å². The second-order valence-corrected chi connectivity index (χ2v) is 7.26. The lowest BCUT2D eigenvalue weighted by Gasteiger charge is -2.35. The molecule has 122 valence electrons. The first kappa shape index (κ1) is 17.7. The van der Waals surface area contributed by atoms with E-state index in [1.54, 1.807) is 4.90 Å². The first-order valence-corrected chi connectivity index (χ1v) is 8.65. The number of piperidine rings is 1. The quantitative estimate of drug-likeness (QED) is 0.624. The molecule has 1 aliphatic heterocycles. The molecule has 1 heterocycles. The van der Waals surface area contributed by atoms with Crippen molar-refractivity contribution in [2.24, 2.45) is 17.0 Å². The van der Waals surface area contributed by atoms with Gasteiger partial charge < -0.3 is 15.3 Å². The van der Waals surface area contributed by atoms with Crippen LogP contribution in [0, 0.1) is 11.8 Å². The Morgan fingerprint density at radius 3 is 2.71 bits per heavy atom. The third-order valence-corrected chi connectivity index (χ3v) is 4.48. The van der Waals surface area contributed by atoms with E-state index in [0.717, 1.165) is 12.8 Å². The highest BCUT2D eigenvalue weighted by molar-refractivity contribution is 7.89. The van der Waals surface area contributed by atoms with Gasteiger partial charge in [0, 0.05) is 26.1 Å². The highest BCUT2D eigenvalue weighted by atomic mass is 32.2. The van der Waals surface area contributed by atoms with E-state index in [0.29, 0.717) is 13.1 Å². The van der Waals surface area contributed by atoms with E-state index >= 15 is 0 Å². The molecule has 2 unspecified atom stereocenters. The lowest BCUT2D eigenvalue weighted by atomic mass is 9.85. The lowest BCUT2D eigenvalue weighted by Crippen LogP contribution is -2.47. The molecule has 2 amide bonds. The number of aliphatic carboxylic acids is 1. The van der Waals surface area contributed by atoms with Crippen LogP contribution in [0.4, 0.5) is 4.79 Å². The molecular formula is C12H23N3O5S. The van der Waals surface area contributed by atoms with Crippen molar-refractivity contribution in [3.05, 3.63) is 0 Å². The monoisotopic (exact) mass is 321 g/mol. The fraction of sp³-hybridized carbons (Fsp3) is 0.833. The number of carbonyl (C=O) groups excluding carboxylic acids is 1. The summed E-state index contributed by atoms with van der Waals surface area (Å²) in [6, 6.07) is -0.328. The van der Waals surface area contributed by atoms with Crippen molar-refractivity contribution < 1.29 is 23.1 Å². The van der Waals surface area contributed by atoms with Crippen LogP contribution in [0.2, 0.25) is 0 Å². The van der Waals surface area contributed by atoms with Gasteiger partial charge in [-0.3, -0.25) is 4.79 Å². The van der Waals surface area contributed by atoms with Crippen LogP contribution >= 0.6 is 0 Å². The molecular weight excluding hydrogens is 298 g/mol. The molecule has 0 aromatic carbocycles. The molecule has 1 saturated heterocycles. The highest BCUT2D eigenvalue weighted by Crippen LogP contribution is 2.26. The highest BCUT2D eigenvalue weighted by Gasteiger charge is 2.28. The zero-order valence-electron chi connectivity index (χ0n) is 12.1. The maximum Gasteiger partial charge on any atom is 0.317 e. The molecule has 9 heteroatoms. The predicted molar refractivity (Wildman–Crippen MR) is 77.1 cm³/mol. The predicted octanol–water partition coefficient (Wildman–Crippen LogP) is -0.193. The van der Waals surface area contributed by atoms with Crippen LogP contribution < -0.4 is 10.5 Å². The summed E-state index contributed by atoms with van der Waals surface area (Å²) >= 11 is 0. The summed E-state index contributed by atoms with van der Waals surface area (Å²) in [7, 11) is -3.59. The van der Waals surface area contributed by atoms with E-state index in [4.69, 9.17) is 10.2 Å². The second kappa shape index (κ2) is 7.60. The summed E-state index contributed by atoms with van der Waals surface area (Å²) in [6.45, 7) is 2.94. The van der Waals surface area contributed by atoms with Gasteiger partial charge in [0.2, 0.25) is 10.0 Å². The van der Waals surface area contributed by atoms with E-state index in [-0.39, 0.29) is 36.6 Å². The van der Waals surface area contributed by atoms with Gasteiger partial charge in [-0.25, -0.2) is 18.4 Å². The number of carbonyl (C=O) groups is 2. The average Bonchev–Trinajstić information content (AvgIpc) is 2.36. The number of hydrogen-bond acceptors (Lipinski definition) is 4. The second-order valence-electron chi connectivity index (χ2n) is 5.52. The van der Waals surface area contributed by atoms with Gasteiger partial charge in [-0.1, -0.05) is 6.92 Å². The van der Waals surface area contributed by atoms with E-state index < -0.39 is 16.0 Å². The fourth-order valence-corrected chi connectivity index (χ4v) is 2.90. The van der Waals surface area contributed by atoms with E-state index in [1.807, 2.05) is 6.92 Å². The van der Waals surface area contributed by atoms with Crippen LogP contribution in [0.3, 0.4) is 0 Å². The van der Waals surface area contributed by atoms with Gasteiger partial charge in [0.25, 0.3) is 0 Å². The Morgan fingerprint density at radius 2 is 2.14 bits per heavy atom. The number of likely N-dealkylation sites (tertiary alicyclic amines) is 1. The van der Waals surface area contributed by atoms with Crippen LogP contribution in [0.25, 0.3) is 0 Å². The first-order valence-electron chi connectivity index (χ1n) is 6.94. The standard InChI is InChI=1S/C12H23N3O5S/c1-9(7-11(16)17)10-3-2-5-15(8-10)12(18)14-4-6-21(13,19)20/h9-10H,2-8H2,1H3,(H,14,18)(H,16,17)(H2,13,19,20). The molecule has 0 aromatic heterocycles. The van der Waals surface area contributed by atoms with E-state index in [1.165, 1.54) is 0 Å². The van der Waals surface area contributed by atoms with Gasteiger partial charge >= 0.3 is 12.0 Å². The van der Waals surface area contributed by atoms with Gasteiger partial charge in [0.15, 0.2) is 0 Å².